The first-order chi connectivity index (χ1) is 12.6. The number of amides is 1. The number of benzene rings is 2. The fraction of sp³-hybridized carbons (Fsp3) is 0.0556. The fourth-order valence-corrected chi connectivity index (χ4v) is 3.91. The average Bonchev–Trinajstić information content (AvgIpc) is 3.15. The van der Waals surface area contributed by atoms with E-state index in [1.165, 1.54) is 23.9 Å². The maximum Gasteiger partial charge on any atom is 0.411 e. The number of carbonyl (C=O) groups excluding carboxylic acids is 1. The third-order valence-corrected chi connectivity index (χ3v) is 5.44. The fourth-order valence-electron chi connectivity index (χ4n) is 2.12. The molecule has 132 valence electrons. The highest BCUT2D eigenvalue weighted by Crippen LogP contribution is 2.37. The van der Waals surface area contributed by atoms with E-state index < -0.39 is 11.0 Å². The van der Waals surface area contributed by atoms with Gasteiger partial charge in [0.05, 0.1) is 14.8 Å². The molecule has 0 spiro atoms. The first-order valence-corrected chi connectivity index (χ1v) is 9.29. The molecule has 1 aromatic heterocycles. The molecule has 0 fully saturated rings. The zero-order valence-corrected chi connectivity index (χ0v) is 15.1. The van der Waals surface area contributed by atoms with Gasteiger partial charge in [-0.25, -0.2) is 4.79 Å². The van der Waals surface area contributed by atoms with Gasteiger partial charge in [-0.15, -0.1) is 11.3 Å². The van der Waals surface area contributed by atoms with Gasteiger partial charge in [0.25, 0.3) is 5.69 Å². The number of hydrogen-bond acceptors (Lipinski definition) is 6. The summed E-state index contributed by atoms with van der Waals surface area (Å²) in [4.78, 5) is 23.4. The van der Waals surface area contributed by atoms with Crippen LogP contribution in [-0.2, 0) is 11.3 Å². The largest absolute Gasteiger partial charge is 0.444 e. The maximum absolute atomic E-state index is 12.1. The molecule has 0 unspecified atom stereocenters. The third kappa shape index (κ3) is 4.84. The van der Waals surface area contributed by atoms with Crippen molar-refractivity contribution in [2.75, 3.05) is 5.32 Å². The Morgan fingerprint density at radius 2 is 1.96 bits per heavy atom. The Bertz CT molecular complexity index is 899. The lowest BCUT2D eigenvalue weighted by Crippen LogP contribution is -2.14. The van der Waals surface area contributed by atoms with Crippen LogP contribution >= 0.6 is 23.1 Å². The van der Waals surface area contributed by atoms with Crippen LogP contribution in [0.15, 0.2) is 75.1 Å². The Hall–Kier alpha value is -2.84. The summed E-state index contributed by atoms with van der Waals surface area (Å²) in [5.41, 5.74) is 1.10. The van der Waals surface area contributed by atoms with E-state index in [2.05, 4.69) is 5.32 Å². The lowest BCUT2D eigenvalue weighted by atomic mass is 10.2. The van der Waals surface area contributed by atoms with Crippen LogP contribution in [0.4, 0.5) is 16.2 Å². The molecule has 3 rings (SSSR count). The van der Waals surface area contributed by atoms with Crippen molar-refractivity contribution in [2.45, 2.75) is 15.7 Å². The van der Waals surface area contributed by atoms with Crippen LogP contribution in [0.1, 0.15) is 5.56 Å². The molecule has 3 aromatic rings. The topological polar surface area (TPSA) is 81.5 Å². The number of anilines is 1. The highest BCUT2D eigenvalue weighted by molar-refractivity contribution is 8.01. The Labute approximate surface area is 158 Å². The standard InChI is InChI=1S/C18H14N2O4S2/c21-18(24-12-13-5-2-1-3-6-13)19-15-11-14(20(22)23)8-9-16(15)26-17-7-4-10-25-17/h1-11H,12H2,(H,19,21). The van der Waals surface area contributed by atoms with E-state index in [0.29, 0.717) is 10.6 Å². The number of nitro benzene ring substituents is 1. The number of non-ortho nitro benzene ring substituents is 1. The number of ether oxygens (including phenoxy) is 1. The molecular weight excluding hydrogens is 372 g/mol. The maximum atomic E-state index is 12.1. The Morgan fingerprint density at radius 1 is 1.15 bits per heavy atom. The molecule has 1 N–H and O–H groups in total. The van der Waals surface area contributed by atoms with Gasteiger partial charge in [0, 0.05) is 17.0 Å². The third-order valence-electron chi connectivity index (χ3n) is 3.33. The van der Waals surface area contributed by atoms with Crippen LogP contribution in [-0.4, -0.2) is 11.0 Å². The summed E-state index contributed by atoms with van der Waals surface area (Å²) in [7, 11) is 0. The number of hydrogen-bond donors (Lipinski definition) is 1. The second kappa shape index (κ2) is 8.50. The van der Waals surface area contributed by atoms with Gasteiger partial charge in [-0.2, -0.15) is 0 Å². The first-order valence-electron chi connectivity index (χ1n) is 7.59. The van der Waals surface area contributed by atoms with Crippen LogP contribution in [0.2, 0.25) is 0 Å². The lowest BCUT2D eigenvalue weighted by molar-refractivity contribution is -0.384. The average molecular weight is 386 g/mol. The molecule has 0 aliphatic rings. The van der Waals surface area contributed by atoms with E-state index in [-0.39, 0.29) is 12.3 Å². The van der Waals surface area contributed by atoms with Crippen molar-refractivity contribution in [3.05, 3.63) is 81.7 Å². The van der Waals surface area contributed by atoms with Gasteiger partial charge in [-0.1, -0.05) is 48.2 Å². The van der Waals surface area contributed by atoms with Crippen molar-refractivity contribution >= 4 is 40.6 Å². The second-order valence-electron chi connectivity index (χ2n) is 5.16. The summed E-state index contributed by atoms with van der Waals surface area (Å²) in [5.74, 6) is 0. The first kappa shape index (κ1) is 18.0. The SMILES string of the molecule is O=C(Nc1cc([N+](=O)[O-])ccc1Sc1cccs1)OCc1ccccc1. The monoisotopic (exact) mass is 386 g/mol. The highest BCUT2D eigenvalue weighted by Gasteiger charge is 2.15. The molecule has 6 nitrogen and oxygen atoms in total. The van der Waals surface area contributed by atoms with E-state index in [9.17, 15) is 14.9 Å². The van der Waals surface area contributed by atoms with E-state index in [1.807, 2.05) is 47.8 Å². The molecule has 0 saturated heterocycles. The van der Waals surface area contributed by atoms with Gasteiger partial charge in [0.2, 0.25) is 0 Å². The molecule has 26 heavy (non-hydrogen) atoms. The van der Waals surface area contributed by atoms with Gasteiger partial charge >= 0.3 is 6.09 Å². The summed E-state index contributed by atoms with van der Waals surface area (Å²) < 4.78 is 6.21. The van der Waals surface area contributed by atoms with Gasteiger partial charge in [0.1, 0.15) is 6.61 Å². The summed E-state index contributed by atoms with van der Waals surface area (Å²) in [6, 6.07) is 17.5. The minimum absolute atomic E-state index is 0.0983. The Balaban J connectivity index is 1.74. The number of thiophene rings is 1. The summed E-state index contributed by atoms with van der Waals surface area (Å²) in [6.45, 7) is 0.120. The van der Waals surface area contributed by atoms with Crippen LogP contribution in [0.25, 0.3) is 0 Å². The smallest absolute Gasteiger partial charge is 0.411 e. The minimum Gasteiger partial charge on any atom is -0.444 e. The van der Waals surface area contributed by atoms with Gasteiger partial charge in [-0.05, 0) is 23.1 Å². The zero-order chi connectivity index (χ0) is 18.4. The molecule has 0 aliphatic heterocycles. The number of rotatable bonds is 6. The van der Waals surface area contributed by atoms with Crippen molar-refractivity contribution in [3.63, 3.8) is 0 Å². The van der Waals surface area contributed by atoms with Crippen LogP contribution in [0.3, 0.4) is 0 Å². The predicted molar refractivity (Wildman–Crippen MR) is 102 cm³/mol. The number of nitrogens with one attached hydrogen (secondary N) is 1. The molecule has 1 heterocycles. The van der Waals surface area contributed by atoms with Crippen molar-refractivity contribution in [3.8, 4) is 0 Å². The molecule has 0 bridgehead atoms. The molecule has 8 heteroatoms. The van der Waals surface area contributed by atoms with Gasteiger partial charge < -0.3 is 4.74 Å². The van der Waals surface area contributed by atoms with E-state index in [4.69, 9.17) is 4.74 Å². The zero-order valence-electron chi connectivity index (χ0n) is 13.5. The van der Waals surface area contributed by atoms with Crippen molar-refractivity contribution in [1.82, 2.24) is 0 Å². The predicted octanol–water partition coefficient (Wildman–Crippen LogP) is 5.56. The number of carbonyl (C=O) groups is 1. The van der Waals surface area contributed by atoms with Crippen LogP contribution in [0.5, 0.6) is 0 Å². The lowest BCUT2D eigenvalue weighted by Gasteiger charge is -2.11. The molecule has 0 atom stereocenters. The molecular formula is C18H14N2O4S2. The summed E-state index contributed by atoms with van der Waals surface area (Å²) in [5, 5.41) is 15.6. The van der Waals surface area contributed by atoms with Crippen LogP contribution in [0, 0.1) is 10.1 Å². The van der Waals surface area contributed by atoms with Crippen molar-refractivity contribution < 1.29 is 14.5 Å². The van der Waals surface area contributed by atoms with E-state index in [0.717, 1.165) is 9.77 Å². The summed E-state index contributed by atoms with van der Waals surface area (Å²) in [6.07, 6.45) is -0.664. The summed E-state index contributed by atoms with van der Waals surface area (Å²) >= 11 is 2.97. The van der Waals surface area contributed by atoms with E-state index in [1.54, 1.807) is 17.4 Å². The normalized spacial score (nSPS) is 10.3. The quantitative estimate of drug-likeness (QED) is 0.443. The van der Waals surface area contributed by atoms with Gasteiger partial charge in [-0.3, -0.25) is 15.4 Å². The number of nitrogens with zero attached hydrogens (tertiary/aromatic N) is 1. The van der Waals surface area contributed by atoms with Crippen molar-refractivity contribution in [2.24, 2.45) is 0 Å². The molecule has 1 amide bonds. The Morgan fingerprint density at radius 3 is 2.65 bits per heavy atom. The van der Waals surface area contributed by atoms with Crippen LogP contribution < -0.4 is 5.32 Å². The molecule has 0 saturated carbocycles. The minimum atomic E-state index is -0.664. The number of nitro groups is 1. The molecule has 2 aromatic carbocycles. The highest BCUT2D eigenvalue weighted by atomic mass is 32.2. The van der Waals surface area contributed by atoms with Gasteiger partial charge in [0.15, 0.2) is 0 Å². The van der Waals surface area contributed by atoms with E-state index >= 15 is 0 Å². The molecule has 0 aliphatic carbocycles. The molecule has 0 radical (unpaired) electrons. The van der Waals surface area contributed by atoms with Crippen molar-refractivity contribution in [1.29, 1.82) is 0 Å². The second-order valence-corrected chi connectivity index (χ2v) is 7.45. The Kier molecular flexibility index (Phi) is 5.88.